The average Bonchev–Trinajstić information content (AvgIpc) is 2.76. The van der Waals surface area contributed by atoms with Gasteiger partial charge >= 0.3 is 5.97 Å². The number of fused-ring (bicyclic) bond motifs is 2. The molecule has 4 rings (SSSR count). The van der Waals surface area contributed by atoms with E-state index in [1.807, 2.05) is 18.2 Å². The Morgan fingerprint density at radius 2 is 2.11 bits per heavy atom. The number of piperidine rings is 1. The van der Waals surface area contributed by atoms with Gasteiger partial charge < -0.3 is 29.7 Å². The molecule has 0 spiro atoms. The maximum Gasteiger partial charge on any atom is 0.348 e. The molecule has 28 heavy (non-hydrogen) atoms. The second-order valence-electron chi connectivity index (χ2n) is 7.59. The van der Waals surface area contributed by atoms with Crippen LogP contribution in [0.25, 0.3) is 5.70 Å². The largest absolute Gasteiger partial charge is 0.497 e. The van der Waals surface area contributed by atoms with Crippen molar-refractivity contribution >= 4 is 17.4 Å². The summed E-state index contributed by atoms with van der Waals surface area (Å²) in [7, 11) is 3.08. The van der Waals surface area contributed by atoms with Gasteiger partial charge in [-0.05, 0) is 56.5 Å². The summed E-state index contributed by atoms with van der Waals surface area (Å²) in [6.07, 6.45) is 2.94. The van der Waals surface area contributed by atoms with Crippen molar-refractivity contribution in [2.24, 2.45) is 5.92 Å². The van der Waals surface area contributed by atoms with Crippen LogP contribution in [0.2, 0.25) is 0 Å². The second-order valence-corrected chi connectivity index (χ2v) is 7.59. The minimum atomic E-state index is -0.592. The molecule has 0 radical (unpaired) electrons. The molecule has 0 saturated carbocycles. The monoisotopic (exact) mass is 387 g/mol. The van der Waals surface area contributed by atoms with E-state index in [4.69, 9.17) is 14.2 Å². The third-order valence-corrected chi connectivity index (χ3v) is 5.90. The van der Waals surface area contributed by atoms with Crippen LogP contribution in [-0.2, 0) is 14.3 Å². The molecule has 0 amide bonds. The van der Waals surface area contributed by atoms with Crippen LogP contribution in [0.15, 0.2) is 24.0 Å². The Bertz CT molecular complexity index is 758. The molecule has 1 saturated heterocycles. The first-order chi connectivity index (χ1) is 13.7. The second kappa shape index (κ2) is 8.31. The summed E-state index contributed by atoms with van der Waals surface area (Å²) in [5, 5.41) is 6.82. The summed E-state index contributed by atoms with van der Waals surface area (Å²) in [6.45, 7) is 4.16. The lowest BCUT2D eigenvalue weighted by atomic mass is 9.93. The maximum absolute atomic E-state index is 12.2. The SMILES string of the molecule is COC(=O)C1CN(CCC2CCNCC2)C2=C(CNc3ccc(OC)cc32)O1. The van der Waals surface area contributed by atoms with E-state index in [2.05, 4.69) is 15.5 Å². The number of methoxy groups -OCH3 is 2. The molecule has 2 N–H and O–H groups in total. The standard InChI is InChI=1S/C21H29N3O4/c1-26-15-3-4-17-16(11-15)20-18(12-23-17)28-19(21(25)27-2)13-24(20)10-7-14-5-8-22-9-6-14/h3-4,11,14,19,22-23H,5-10,12-13H2,1-2H3. The van der Waals surface area contributed by atoms with Gasteiger partial charge in [-0.3, -0.25) is 0 Å². The Kier molecular flexibility index (Phi) is 5.62. The number of hydrogen-bond acceptors (Lipinski definition) is 7. The number of carbonyl (C=O) groups excluding carboxylic acids is 1. The number of esters is 1. The van der Waals surface area contributed by atoms with E-state index >= 15 is 0 Å². The van der Waals surface area contributed by atoms with Crippen LogP contribution in [0.1, 0.15) is 24.8 Å². The number of hydrogen-bond donors (Lipinski definition) is 2. The molecule has 1 fully saturated rings. The highest BCUT2D eigenvalue weighted by Crippen LogP contribution is 2.39. The maximum atomic E-state index is 12.2. The molecule has 0 aliphatic carbocycles. The number of nitrogens with one attached hydrogen (secondary N) is 2. The quantitative estimate of drug-likeness (QED) is 0.749. The summed E-state index contributed by atoms with van der Waals surface area (Å²) >= 11 is 0. The smallest absolute Gasteiger partial charge is 0.348 e. The first kappa shape index (κ1) is 18.9. The van der Waals surface area contributed by atoms with Crippen molar-refractivity contribution < 1.29 is 19.0 Å². The molecule has 3 heterocycles. The number of rotatable bonds is 5. The number of anilines is 1. The van der Waals surface area contributed by atoms with Gasteiger partial charge in [0.1, 0.15) is 11.5 Å². The van der Waals surface area contributed by atoms with Crippen molar-refractivity contribution in [3.05, 3.63) is 29.5 Å². The molecule has 3 aliphatic rings. The number of nitrogens with zero attached hydrogens (tertiary/aromatic N) is 1. The highest BCUT2D eigenvalue weighted by molar-refractivity contribution is 5.83. The number of carbonyl (C=O) groups is 1. The van der Waals surface area contributed by atoms with Crippen molar-refractivity contribution in [1.82, 2.24) is 10.2 Å². The van der Waals surface area contributed by atoms with Gasteiger partial charge in [0.15, 0.2) is 0 Å². The Hall–Kier alpha value is -2.41. The highest BCUT2D eigenvalue weighted by Gasteiger charge is 2.36. The van der Waals surface area contributed by atoms with Crippen molar-refractivity contribution in [1.29, 1.82) is 0 Å². The Labute approximate surface area is 166 Å². The third kappa shape index (κ3) is 3.76. The molecule has 3 aliphatic heterocycles. The first-order valence-corrected chi connectivity index (χ1v) is 10.0. The Balaban J connectivity index is 1.62. The first-order valence-electron chi connectivity index (χ1n) is 10.0. The Morgan fingerprint density at radius 3 is 2.86 bits per heavy atom. The molecule has 7 heteroatoms. The fourth-order valence-corrected chi connectivity index (χ4v) is 4.32. The predicted molar refractivity (Wildman–Crippen MR) is 107 cm³/mol. The van der Waals surface area contributed by atoms with Crippen LogP contribution in [0.5, 0.6) is 5.75 Å². The molecule has 1 aromatic carbocycles. The van der Waals surface area contributed by atoms with Gasteiger partial charge in [-0.15, -0.1) is 0 Å². The van der Waals surface area contributed by atoms with E-state index in [9.17, 15) is 4.79 Å². The lowest BCUT2D eigenvalue weighted by Crippen LogP contribution is -2.45. The summed E-state index contributed by atoms with van der Waals surface area (Å²) in [5.41, 5.74) is 3.20. The van der Waals surface area contributed by atoms with E-state index in [1.165, 1.54) is 20.0 Å². The van der Waals surface area contributed by atoms with E-state index in [0.29, 0.717) is 13.1 Å². The van der Waals surface area contributed by atoms with Crippen molar-refractivity contribution in [2.75, 3.05) is 52.3 Å². The van der Waals surface area contributed by atoms with Crippen molar-refractivity contribution in [3.8, 4) is 5.75 Å². The van der Waals surface area contributed by atoms with Gasteiger partial charge in [0, 0.05) is 17.8 Å². The molecule has 0 aromatic heterocycles. The number of ether oxygens (including phenoxy) is 3. The van der Waals surface area contributed by atoms with Crippen LogP contribution in [-0.4, -0.2) is 63.9 Å². The fraction of sp³-hybridized carbons (Fsp3) is 0.571. The molecule has 1 aromatic rings. The number of benzene rings is 1. The van der Waals surface area contributed by atoms with Gasteiger partial charge in [0.05, 0.1) is 33.0 Å². The van der Waals surface area contributed by atoms with Crippen LogP contribution >= 0.6 is 0 Å². The van der Waals surface area contributed by atoms with Crippen LogP contribution < -0.4 is 15.4 Å². The van der Waals surface area contributed by atoms with Gasteiger partial charge in [0.2, 0.25) is 6.10 Å². The highest BCUT2D eigenvalue weighted by atomic mass is 16.6. The lowest BCUT2D eigenvalue weighted by Gasteiger charge is -2.40. The van der Waals surface area contributed by atoms with Crippen molar-refractivity contribution in [2.45, 2.75) is 25.4 Å². The molecule has 1 unspecified atom stereocenters. The molecule has 7 nitrogen and oxygen atoms in total. The van der Waals surface area contributed by atoms with Gasteiger partial charge in [0.25, 0.3) is 0 Å². The van der Waals surface area contributed by atoms with E-state index in [1.54, 1.807) is 7.11 Å². The molecular weight excluding hydrogens is 358 g/mol. The van der Waals surface area contributed by atoms with E-state index < -0.39 is 6.10 Å². The van der Waals surface area contributed by atoms with Crippen LogP contribution in [0.4, 0.5) is 5.69 Å². The predicted octanol–water partition coefficient (Wildman–Crippen LogP) is 2.05. The molecule has 0 bridgehead atoms. The topological polar surface area (TPSA) is 72.1 Å². The summed E-state index contributed by atoms with van der Waals surface area (Å²) < 4.78 is 16.4. The van der Waals surface area contributed by atoms with Gasteiger partial charge in [-0.25, -0.2) is 4.79 Å². The minimum absolute atomic E-state index is 0.324. The Morgan fingerprint density at radius 1 is 1.29 bits per heavy atom. The summed E-state index contributed by atoms with van der Waals surface area (Å²) in [5.74, 6) is 2.00. The summed E-state index contributed by atoms with van der Waals surface area (Å²) in [6, 6.07) is 6.03. The third-order valence-electron chi connectivity index (χ3n) is 5.90. The zero-order valence-corrected chi connectivity index (χ0v) is 16.6. The zero-order chi connectivity index (χ0) is 19.5. The van der Waals surface area contributed by atoms with E-state index in [-0.39, 0.29) is 5.97 Å². The summed E-state index contributed by atoms with van der Waals surface area (Å²) in [4.78, 5) is 14.5. The molecular formula is C21H29N3O4. The van der Waals surface area contributed by atoms with Gasteiger partial charge in [-0.1, -0.05) is 0 Å². The average molecular weight is 387 g/mol. The van der Waals surface area contributed by atoms with Crippen LogP contribution in [0, 0.1) is 5.92 Å². The van der Waals surface area contributed by atoms with Crippen LogP contribution in [0.3, 0.4) is 0 Å². The normalized spacial score (nSPS) is 21.9. The van der Waals surface area contributed by atoms with E-state index in [0.717, 1.165) is 60.4 Å². The molecule has 1 atom stereocenters. The van der Waals surface area contributed by atoms with Crippen molar-refractivity contribution in [3.63, 3.8) is 0 Å². The lowest BCUT2D eigenvalue weighted by molar-refractivity contribution is -0.153. The zero-order valence-electron chi connectivity index (χ0n) is 16.6. The fourth-order valence-electron chi connectivity index (χ4n) is 4.32. The minimum Gasteiger partial charge on any atom is -0.497 e. The molecule has 152 valence electrons. The van der Waals surface area contributed by atoms with Gasteiger partial charge in [-0.2, -0.15) is 0 Å².